The van der Waals surface area contributed by atoms with E-state index in [-0.39, 0.29) is 11.4 Å². The average Bonchev–Trinajstić information content (AvgIpc) is 2.72. The molecule has 3 rings (SSSR count). The van der Waals surface area contributed by atoms with Crippen molar-refractivity contribution in [3.05, 3.63) is 48.5 Å². The minimum absolute atomic E-state index is 0.125. The van der Waals surface area contributed by atoms with Gasteiger partial charge in [-0.05, 0) is 55.5 Å². The van der Waals surface area contributed by atoms with E-state index < -0.39 is 26.7 Å². The minimum atomic E-state index is -3.90. The predicted molar refractivity (Wildman–Crippen MR) is 118 cm³/mol. The topological polar surface area (TPSA) is 86.7 Å². The fourth-order valence-electron chi connectivity index (χ4n) is 3.46. The number of hydroxylamine groups is 1. The fourth-order valence-corrected chi connectivity index (χ4v) is 6.97. The van der Waals surface area contributed by atoms with Crippen molar-refractivity contribution < 1.29 is 18.4 Å². The van der Waals surface area contributed by atoms with Crippen molar-refractivity contribution in [2.24, 2.45) is 0 Å². The van der Waals surface area contributed by atoms with Gasteiger partial charge in [0.05, 0.1) is 4.90 Å². The van der Waals surface area contributed by atoms with E-state index in [4.69, 9.17) is 5.21 Å². The molecule has 2 aromatic carbocycles. The standard InChI is InChI=1S/C20H24N2O4S3/c1-20(2)18(19(23)21-24)22(12-13-28-20)29(25,26)17-10-6-15(7-11-17)14-4-8-16(27-3)9-5-14/h4-11,18,24H,12-13H2,1-3H3,(H,21,23)/t18-/m0/s1. The number of carbonyl (C=O) groups excluding carboxylic acids is 1. The molecule has 0 unspecified atom stereocenters. The minimum Gasteiger partial charge on any atom is -0.289 e. The molecule has 1 heterocycles. The Hall–Kier alpha value is -1.52. The number of benzene rings is 2. The number of nitrogens with zero attached hydrogens (tertiary/aromatic N) is 1. The number of rotatable bonds is 5. The number of hydrogen-bond donors (Lipinski definition) is 2. The number of carbonyl (C=O) groups is 1. The number of nitrogens with one attached hydrogen (secondary N) is 1. The molecular formula is C20H24N2O4S3. The van der Waals surface area contributed by atoms with Gasteiger partial charge in [0.25, 0.3) is 5.91 Å². The van der Waals surface area contributed by atoms with Crippen LogP contribution in [0.25, 0.3) is 11.1 Å². The van der Waals surface area contributed by atoms with Crippen molar-refractivity contribution >= 4 is 39.5 Å². The van der Waals surface area contributed by atoms with Crippen LogP contribution in [0.3, 0.4) is 0 Å². The van der Waals surface area contributed by atoms with Gasteiger partial charge in [-0.15, -0.1) is 11.8 Å². The first kappa shape index (κ1) is 22.2. The van der Waals surface area contributed by atoms with E-state index in [9.17, 15) is 13.2 Å². The summed E-state index contributed by atoms with van der Waals surface area (Å²) in [7, 11) is -3.90. The van der Waals surface area contributed by atoms with E-state index in [1.807, 2.05) is 30.5 Å². The smallest absolute Gasteiger partial charge is 0.263 e. The molecule has 0 aliphatic carbocycles. The van der Waals surface area contributed by atoms with Gasteiger partial charge in [-0.3, -0.25) is 10.0 Å². The first-order valence-electron chi connectivity index (χ1n) is 9.05. The van der Waals surface area contributed by atoms with Crippen LogP contribution in [-0.4, -0.2) is 53.2 Å². The third kappa shape index (κ3) is 4.49. The van der Waals surface area contributed by atoms with Crippen molar-refractivity contribution in [2.45, 2.75) is 34.4 Å². The van der Waals surface area contributed by atoms with E-state index in [0.717, 1.165) is 16.0 Å². The van der Waals surface area contributed by atoms with Crippen LogP contribution in [0.2, 0.25) is 0 Å². The first-order valence-corrected chi connectivity index (χ1v) is 12.7. The third-order valence-electron chi connectivity index (χ3n) is 4.98. The molecule has 0 radical (unpaired) electrons. The Bertz CT molecular complexity index is 974. The largest absolute Gasteiger partial charge is 0.289 e. The highest BCUT2D eigenvalue weighted by molar-refractivity contribution is 8.01. The lowest BCUT2D eigenvalue weighted by atomic mass is 10.0. The van der Waals surface area contributed by atoms with E-state index in [1.54, 1.807) is 55.4 Å². The van der Waals surface area contributed by atoms with Gasteiger partial charge in [-0.25, -0.2) is 13.9 Å². The van der Waals surface area contributed by atoms with E-state index >= 15 is 0 Å². The molecule has 0 saturated carbocycles. The van der Waals surface area contributed by atoms with Gasteiger partial charge in [0.1, 0.15) is 6.04 Å². The van der Waals surface area contributed by atoms with Crippen LogP contribution >= 0.6 is 23.5 Å². The zero-order valence-electron chi connectivity index (χ0n) is 16.5. The highest BCUT2D eigenvalue weighted by Gasteiger charge is 2.48. The molecule has 2 aromatic rings. The molecule has 1 saturated heterocycles. The number of amides is 1. The third-order valence-corrected chi connectivity index (χ3v) is 8.95. The lowest BCUT2D eigenvalue weighted by Gasteiger charge is -2.43. The highest BCUT2D eigenvalue weighted by atomic mass is 32.2. The zero-order chi connectivity index (χ0) is 21.2. The van der Waals surface area contributed by atoms with Gasteiger partial charge in [0.15, 0.2) is 0 Å². The summed E-state index contributed by atoms with van der Waals surface area (Å²) in [4.78, 5) is 13.6. The van der Waals surface area contributed by atoms with Crippen molar-refractivity contribution in [3.63, 3.8) is 0 Å². The summed E-state index contributed by atoms with van der Waals surface area (Å²) < 4.78 is 27.1. The van der Waals surface area contributed by atoms with Crippen molar-refractivity contribution in [1.82, 2.24) is 9.79 Å². The van der Waals surface area contributed by atoms with Crippen molar-refractivity contribution in [1.29, 1.82) is 0 Å². The van der Waals surface area contributed by atoms with Crippen LogP contribution in [0.15, 0.2) is 58.3 Å². The van der Waals surface area contributed by atoms with Crippen LogP contribution in [0.1, 0.15) is 13.8 Å². The maximum absolute atomic E-state index is 13.3. The van der Waals surface area contributed by atoms with E-state index in [0.29, 0.717) is 5.75 Å². The maximum Gasteiger partial charge on any atom is 0.263 e. The van der Waals surface area contributed by atoms with Crippen molar-refractivity contribution in [2.75, 3.05) is 18.6 Å². The van der Waals surface area contributed by atoms with E-state index in [2.05, 4.69) is 0 Å². The second-order valence-corrected chi connectivity index (χ2v) is 11.7. The maximum atomic E-state index is 13.3. The fraction of sp³-hybridized carbons (Fsp3) is 0.350. The SMILES string of the molecule is CSc1ccc(-c2ccc(S(=O)(=O)N3CCSC(C)(C)[C@@H]3C(=O)NO)cc2)cc1. The second kappa shape index (κ2) is 8.69. The Labute approximate surface area is 180 Å². The molecule has 156 valence electrons. The molecule has 1 amide bonds. The van der Waals surface area contributed by atoms with Crippen LogP contribution in [0.5, 0.6) is 0 Å². The quantitative estimate of drug-likeness (QED) is 0.410. The lowest BCUT2D eigenvalue weighted by molar-refractivity contribution is -0.134. The molecule has 0 spiro atoms. The Morgan fingerprint density at radius 3 is 2.21 bits per heavy atom. The van der Waals surface area contributed by atoms with Gasteiger partial charge in [0.2, 0.25) is 10.0 Å². The molecule has 1 fully saturated rings. The van der Waals surface area contributed by atoms with Gasteiger partial charge in [0, 0.05) is 21.9 Å². The number of sulfonamides is 1. The molecule has 2 N–H and O–H groups in total. The van der Waals surface area contributed by atoms with Crippen LogP contribution in [-0.2, 0) is 14.8 Å². The molecule has 0 aromatic heterocycles. The van der Waals surface area contributed by atoms with Crippen LogP contribution < -0.4 is 5.48 Å². The molecule has 1 atom stereocenters. The molecule has 1 aliphatic heterocycles. The molecule has 6 nitrogen and oxygen atoms in total. The average molecular weight is 453 g/mol. The molecule has 1 aliphatic rings. The second-order valence-electron chi connectivity index (χ2n) is 7.20. The molecule has 29 heavy (non-hydrogen) atoms. The van der Waals surface area contributed by atoms with Gasteiger partial charge in [-0.2, -0.15) is 16.1 Å². The molecule has 0 bridgehead atoms. The summed E-state index contributed by atoms with van der Waals surface area (Å²) in [5, 5.41) is 9.14. The Morgan fingerprint density at radius 1 is 1.14 bits per heavy atom. The van der Waals surface area contributed by atoms with Crippen LogP contribution in [0, 0.1) is 0 Å². The normalized spacial score (nSPS) is 19.7. The summed E-state index contributed by atoms with van der Waals surface area (Å²) in [5.74, 6) is -0.155. The van der Waals surface area contributed by atoms with Gasteiger partial charge >= 0.3 is 0 Å². The summed E-state index contributed by atoms with van der Waals surface area (Å²) in [6.07, 6.45) is 2.01. The number of thioether (sulfide) groups is 2. The Kier molecular flexibility index (Phi) is 6.64. The van der Waals surface area contributed by atoms with Gasteiger partial charge < -0.3 is 0 Å². The van der Waals surface area contributed by atoms with Crippen molar-refractivity contribution in [3.8, 4) is 11.1 Å². The number of hydrogen-bond acceptors (Lipinski definition) is 6. The summed E-state index contributed by atoms with van der Waals surface area (Å²) >= 11 is 3.17. The summed E-state index contributed by atoms with van der Waals surface area (Å²) in [6.45, 7) is 3.81. The summed E-state index contributed by atoms with van der Waals surface area (Å²) in [5.41, 5.74) is 3.54. The summed E-state index contributed by atoms with van der Waals surface area (Å²) in [6, 6.07) is 13.7. The highest BCUT2D eigenvalue weighted by Crippen LogP contribution is 2.38. The van der Waals surface area contributed by atoms with Gasteiger partial charge in [-0.1, -0.05) is 24.3 Å². The molecule has 9 heteroatoms. The Balaban J connectivity index is 1.92. The van der Waals surface area contributed by atoms with E-state index in [1.165, 1.54) is 16.1 Å². The first-order chi connectivity index (χ1) is 13.7. The van der Waals surface area contributed by atoms with Crippen LogP contribution in [0.4, 0.5) is 0 Å². The lowest BCUT2D eigenvalue weighted by Crippen LogP contribution is -2.61. The Morgan fingerprint density at radius 2 is 1.69 bits per heavy atom. The molecular weight excluding hydrogens is 428 g/mol. The predicted octanol–water partition coefficient (Wildman–Crippen LogP) is 3.47. The monoisotopic (exact) mass is 452 g/mol. The zero-order valence-corrected chi connectivity index (χ0v) is 18.9.